The lowest BCUT2D eigenvalue weighted by Gasteiger charge is -2.16. The predicted molar refractivity (Wildman–Crippen MR) is 131 cm³/mol. The summed E-state index contributed by atoms with van der Waals surface area (Å²) in [5.74, 6) is 0.980. The Kier molecular flexibility index (Phi) is 5.84. The van der Waals surface area contributed by atoms with E-state index in [-0.39, 0.29) is 11.7 Å². The average molecular weight is 465 g/mol. The Morgan fingerprint density at radius 1 is 1.22 bits per heavy atom. The number of thiophene rings is 1. The molecule has 164 valence electrons. The molecule has 0 aliphatic heterocycles. The van der Waals surface area contributed by atoms with Crippen LogP contribution in [-0.2, 0) is 4.79 Å². The van der Waals surface area contributed by atoms with Gasteiger partial charge in [0.15, 0.2) is 11.0 Å². The number of anilines is 2. The first-order chi connectivity index (χ1) is 15.6. The molecule has 1 saturated carbocycles. The second kappa shape index (κ2) is 8.91. The summed E-state index contributed by atoms with van der Waals surface area (Å²) in [6.07, 6.45) is 6.31. The van der Waals surface area contributed by atoms with Crippen LogP contribution >= 0.6 is 23.1 Å². The van der Waals surface area contributed by atoms with Crippen LogP contribution in [0.25, 0.3) is 20.9 Å². The smallest absolute Gasteiger partial charge is 0.234 e. The molecule has 1 aromatic carbocycles. The highest BCUT2D eigenvalue weighted by atomic mass is 32.2. The van der Waals surface area contributed by atoms with Gasteiger partial charge in [0, 0.05) is 23.3 Å². The standard InChI is InChI=1S/C23H24N6OS2/c1-14-8-10-15(11-9-14)26-18(30)13-31-23-28-27-21(29(23)16-5-2-3-6-16)20-19(24)17-7-4-12-25-22(17)32-20/h4,7-12,16H,2-3,5-6,13,24H2,1H3,(H,26,30). The van der Waals surface area contributed by atoms with Crippen molar-refractivity contribution in [1.82, 2.24) is 19.7 Å². The monoisotopic (exact) mass is 464 g/mol. The third kappa shape index (κ3) is 4.10. The van der Waals surface area contributed by atoms with Crippen LogP contribution in [0, 0.1) is 6.92 Å². The predicted octanol–water partition coefficient (Wildman–Crippen LogP) is 5.29. The number of rotatable bonds is 6. The van der Waals surface area contributed by atoms with Crippen LogP contribution in [-0.4, -0.2) is 31.4 Å². The van der Waals surface area contributed by atoms with Crippen molar-refractivity contribution in [2.45, 2.75) is 43.8 Å². The molecule has 4 aromatic rings. The fourth-order valence-corrected chi connectivity index (χ4v) is 5.95. The van der Waals surface area contributed by atoms with E-state index in [1.807, 2.05) is 43.3 Å². The maximum absolute atomic E-state index is 12.5. The van der Waals surface area contributed by atoms with Gasteiger partial charge in [-0.3, -0.25) is 9.36 Å². The molecule has 32 heavy (non-hydrogen) atoms. The van der Waals surface area contributed by atoms with Gasteiger partial charge in [-0.05, 0) is 44.0 Å². The van der Waals surface area contributed by atoms with Crippen molar-refractivity contribution in [3.8, 4) is 10.7 Å². The number of aryl methyl sites for hydroxylation is 1. The van der Waals surface area contributed by atoms with Crippen LogP contribution in [0.1, 0.15) is 37.3 Å². The number of carbonyl (C=O) groups excluding carboxylic acids is 1. The van der Waals surface area contributed by atoms with Crippen molar-refractivity contribution < 1.29 is 4.79 Å². The van der Waals surface area contributed by atoms with Crippen molar-refractivity contribution in [2.24, 2.45) is 0 Å². The van der Waals surface area contributed by atoms with Crippen LogP contribution < -0.4 is 11.1 Å². The second-order valence-electron chi connectivity index (χ2n) is 8.02. The van der Waals surface area contributed by atoms with E-state index in [9.17, 15) is 4.79 Å². The summed E-state index contributed by atoms with van der Waals surface area (Å²) in [5, 5.41) is 13.6. The van der Waals surface area contributed by atoms with Crippen LogP contribution in [0.5, 0.6) is 0 Å². The first-order valence-corrected chi connectivity index (χ1v) is 12.5. The third-order valence-corrected chi connectivity index (χ3v) is 7.80. The minimum Gasteiger partial charge on any atom is -0.397 e. The van der Waals surface area contributed by atoms with Crippen molar-refractivity contribution in [2.75, 3.05) is 16.8 Å². The Hall–Kier alpha value is -2.91. The van der Waals surface area contributed by atoms with Gasteiger partial charge in [-0.2, -0.15) is 0 Å². The van der Waals surface area contributed by atoms with Gasteiger partial charge in [0.05, 0.1) is 16.3 Å². The minimum absolute atomic E-state index is 0.0630. The summed E-state index contributed by atoms with van der Waals surface area (Å²) in [7, 11) is 0. The van der Waals surface area contributed by atoms with Gasteiger partial charge in [0.2, 0.25) is 5.91 Å². The number of nitrogen functional groups attached to an aromatic ring is 1. The van der Waals surface area contributed by atoms with Gasteiger partial charge in [-0.1, -0.05) is 42.3 Å². The molecule has 1 aliphatic carbocycles. The molecule has 0 unspecified atom stereocenters. The van der Waals surface area contributed by atoms with Crippen molar-refractivity contribution in [3.05, 3.63) is 48.2 Å². The van der Waals surface area contributed by atoms with Crippen molar-refractivity contribution >= 4 is 50.6 Å². The zero-order chi connectivity index (χ0) is 22.1. The first kappa shape index (κ1) is 21.0. The zero-order valence-corrected chi connectivity index (χ0v) is 19.4. The molecule has 7 nitrogen and oxygen atoms in total. The number of nitrogens with zero attached hydrogens (tertiary/aromatic N) is 4. The van der Waals surface area contributed by atoms with Gasteiger partial charge in [-0.15, -0.1) is 21.5 Å². The van der Waals surface area contributed by atoms with Gasteiger partial charge in [0.25, 0.3) is 0 Å². The summed E-state index contributed by atoms with van der Waals surface area (Å²) in [6.45, 7) is 2.02. The molecule has 5 rings (SSSR count). The largest absolute Gasteiger partial charge is 0.397 e. The molecule has 0 atom stereocenters. The Morgan fingerprint density at radius 3 is 2.75 bits per heavy atom. The molecule has 1 amide bonds. The number of hydrogen-bond acceptors (Lipinski definition) is 7. The Bertz CT molecular complexity index is 1260. The summed E-state index contributed by atoms with van der Waals surface area (Å²) >= 11 is 2.96. The van der Waals surface area contributed by atoms with Gasteiger partial charge < -0.3 is 11.1 Å². The van der Waals surface area contributed by atoms with E-state index in [0.29, 0.717) is 11.7 Å². The van der Waals surface area contributed by atoms with Crippen LogP contribution in [0.15, 0.2) is 47.8 Å². The van der Waals surface area contributed by atoms with Gasteiger partial charge in [-0.25, -0.2) is 4.98 Å². The molecule has 1 fully saturated rings. The fraction of sp³-hybridized carbons (Fsp3) is 0.304. The number of pyridine rings is 1. The maximum Gasteiger partial charge on any atom is 0.234 e. The molecule has 0 spiro atoms. The lowest BCUT2D eigenvalue weighted by molar-refractivity contribution is -0.113. The number of hydrogen-bond donors (Lipinski definition) is 2. The molecular formula is C23H24N6OS2. The fourth-order valence-electron chi connectivity index (χ4n) is 4.10. The van der Waals surface area contributed by atoms with E-state index in [1.165, 1.54) is 24.6 Å². The number of thioether (sulfide) groups is 1. The van der Waals surface area contributed by atoms with E-state index in [0.717, 1.165) is 50.2 Å². The minimum atomic E-state index is -0.0630. The Balaban J connectivity index is 1.41. The average Bonchev–Trinajstić information content (AvgIpc) is 3.53. The first-order valence-electron chi connectivity index (χ1n) is 10.7. The highest BCUT2D eigenvalue weighted by Crippen LogP contribution is 2.43. The lowest BCUT2D eigenvalue weighted by Crippen LogP contribution is -2.15. The molecule has 0 radical (unpaired) electrons. The Labute approximate surface area is 194 Å². The number of benzene rings is 1. The molecule has 1 aliphatic rings. The maximum atomic E-state index is 12.5. The van der Waals surface area contributed by atoms with E-state index < -0.39 is 0 Å². The van der Waals surface area contributed by atoms with E-state index >= 15 is 0 Å². The molecular weight excluding hydrogens is 440 g/mol. The zero-order valence-electron chi connectivity index (χ0n) is 17.7. The highest BCUT2D eigenvalue weighted by molar-refractivity contribution is 7.99. The number of carbonyl (C=O) groups is 1. The van der Waals surface area contributed by atoms with Crippen molar-refractivity contribution in [3.63, 3.8) is 0 Å². The molecule has 3 heterocycles. The summed E-state index contributed by atoms with van der Waals surface area (Å²) in [6, 6.07) is 12.0. The number of amides is 1. The summed E-state index contributed by atoms with van der Waals surface area (Å²) in [5.41, 5.74) is 9.13. The van der Waals surface area contributed by atoms with Crippen LogP contribution in [0.3, 0.4) is 0 Å². The molecule has 0 bridgehead atoms. The number of nitrogens with one attached hydrogen (secondary N) is 1. The van der Waals surface area contributed by atoms with E-state index in [4.69, 9.17) is 5.73 Å². The second-order valence-corrected chi connectivity index (χ2v) is 9.96. The Morgan fingerprint density at radius 2 is 2.00 bits per heavy atom. The highest BCUT2D eigenvalue weighted by Gasteiger charge is 2.27. The van der Waals surface area contributed by atoms with Gasteiger partial charge in [0.1, 0.15) is 4.83 Å². The van der Waals surface area contributed by atoms with Crippen LogP contribution in [0.4, 0.5) is 11.4 Å². The third-order valence-electron chi connectivity index (χ3n) is 5.73. The topological polar surface area (TPSA) is 98.7 Å². The molecule has 9 heteroatoms. The number of nitrogens with two attached hydrogens (primary N) is 1. The quantitative estimate of drug-likeness (QED) is 0.376. The summed E-state index contributed by atoms with van der Waals surface area (Å²) < 4.78 is 2.19. The van der Waals surface area contributed by atoms with Gasteiger partial charge >= 0.3 is 0 Å². The molecule has 3 aromatic heterocycles. The van der Waals surface area contributed by atoms with Crippen LogP contribution in [0.2, 0.25) is 0 Å². The molecule has 3 N–H and O–H groups in total. The van der Waals surface area contributed by atoms with Crippen molar-refractivity contribution in [1.29, 1.82) is 0 Å². The molecule has 0 saturated heterocycles. The van der Waals surface area contributed by atoms with E-state index in [2.05, 4.69) is 25.1 Å². The SMILES string of the molecule is Cc1ccc(NC(=O)CSc2nnc(-c3sc4ncccc4c3N)n2C2CCCC2)cc1. The lowest BCUT2D eigenvalue weighted by atomic mass is 10.2. The number of aromatic nitrogens is 4. The normalized spacial score (nSPS) is 14.3. The summed E-state index contributed by atoms with van der Waals surface area (Å²) in [4.78, 5) is 18.8. The number of fused-ring (bicyclic) bond motifs is 1. The van der Waals surface area contributed by atoms with E-state index in [1.54, 1.807) is 17.5 Å².